The van der Waals surface area contributed by atoms with Crippen molar-refractivity contribution in [3.8, 4) is 0 Å². The van der Waals surface area contributed by atoms with E-state index in [0.29, 0.717) is 0 Å². The predicted molar refractivity (Wildman–Crippen MR) is 328 cm³/mol. The minimum Gasteiger partial charge on any atom is -0.481 e. The van der Waals surface area contributed by atoms with Gasteiger partial charge in [0.1, 0.15) is 72.5 Å². The molecule has 0 aromatic heterocycles. The molecule has 1 heterocycles. The van der Waals surface area contributed by atoms with Crippen molar-refractivity contribution < 1.29 is 112 Å². The van der Waals surface area contributed by atoms with E-state index in [-0.39, 0.29) is 50.3 Å². The molecule has 14 amide bonds. The molecule has 0 unspecified atom stereocenters. The summed E-state index contributed by atoms with van der Waals surface area (Å²) in [7, 11) is 0. The van der Waals surface area contributed by atoms with Crippen LogP contribution in [0.15, 0.2) is 0 Å². The molecule has 39 heteroatoms. The van der Waals surface area contributed by atoms with E-state index in [4.69, 9.17) is 27.4 Å². The van der Waals surface area contributed by atoms with E-state index in [0.717, 1.165) is 18.7 Å². The summed E-state index contributed by atoms with van der Waals surface area (Å²) in [5.74, 6) is -18.8. The number of rotatable bonds is 44. The number of carbonyl (C=O) groups is 16. The summed E-state index contributed by atoms with van der Waals surface area (Å²) in [6.45, 7) is 4.16. The van der Waals surface area contributed by atoms with Crippen molar-refractivity contribution in [2.24, 2.45) is 29.0 Å². The third kappa shape index (κ3) is 28.5. The Bertz CT molecular complexity index is 2680. The highest BCUT2D eigenvalue weighted by Gasteiger charge is 2.42. The highest BCUT2D eigenvalue weighted by molar-refractivity contribution is 7.98. The van der Waals surface area contributed by atoms with Gasteiger partial charge in [0, 0.05) is 19.4 Å². The van der Waals surface area contributed by atoms with Crippen LogP contribution >= 0.6 is 11.8 Å². The van der Waals surface area contributed by atoms with Crippen LogP contribution < -0.4 is 75.7 Å². The molecule has 1 aliphatic heterocycles. The van der Waals surface area contributed by atoms with E-state index in [9.17, 15) is 102 Å². The number of thioether (sulfide) groups is 1. The maximum atomic E-state index is 14.1. The van der Waals surface area contributed by atoms with Gasteiger partial charge in [-0.2, -0.15) is 11.8 Å². The Hall–Kier alpha value is -8.37. The highest BCUT2D eigenvalue weighted by Crippen LogP contribution is 2.20. The first-order chi connectivity index (χ1) is 44.0. The van der Waals surface area contributed by atoms with Crippen molar-refractivity contribution in [2.75, 3.05) is 45.0 Å². The van der Waals surface area contributed by atoms with Crippen molar-refractivity contribution >= 4 is 106 Å². The number of likely N-dealkylation sites (tertiary alicyclic amines) is 1. The topological polar surface area (TPSA) is 628 Å². The molecule has 0 radical (unpaired) electrons. The Labute approximate surface area is 545 Å². The fraction of sp³-hybridized carbons (Fsp3) is 0.709. The van der Waals surface area contributed by atoms with E-state index in [1.165, 1.54) is 11.8 Å². The van der Waals surface area contributed by atoms with Crippen molar-refractivity contribution in [3.05, 3.63) is 0 Å². The van der Waals surface area contributed by atoms with Gasteiger partial charge in [0.25, 0.3) is 0 Å². The lowest BCUT2D eigenvalue weighted by atomic mass is 9.97. The monoisotopic (exact) mass is 1360 g/mol. The second kappa shape index (κ2) is 42.1. The number of primary amides is 2. The van der Waals surface area contributed by atoms with Crippen molar-refractivity contribution in [1.29, 1.82) is 0 Å². The number of carbonyl (C=O) groups excluding carboxylic acids is 14. The van der Waals surface area contributed by atoms with Gasteiger partial charge in [0.15, 0.2) is 0 Å². The standard InChI is InChI=1S/C55H93N15O23S/c1-8-25(4)41(68-43(80)28(56)19-40(78)79)52(89)61-29(11-13-38(57)76)44(81)60-31(15-17-94-7)46(83)69-42(27(6)75)53(90)62-30(12-14-39(58)77)45(82)67-36(23-74)54(91)70-16-9-10-37(70)51(88)66-35(22-73)50(87)65-34(21-72)49(86)63-32(18-24(2)3)47(84)64-33(20-71)48(85)59-26(5)55(92)93/h24-37,41-42,71-75H,8-23,56H2,1-7H3,(H2,57,76)(H2,58,77)(H,59,85)(H,60,81)(H,61,89)(H,62,90)(H,63,86)(H,64,84)(H,65,87)(H,66,88)(H,67,82)(H,68,80)(H,69,83)(H,78,79)(H,92,93)/t25-,26-,27+,28-,29-,30-,31-,32-,33-,34-,35-,36-,37-,41-,42-/m0/s1. The molecule has 24 N–H and O–H groups in total. The molecule has 0 aromatic carbocycles. The van der Waals surface area contributed by atoms with E-state index in [2.05, 4.69) is 58.5 Å². The number of nitrogens with zero attached hydrogens (tertiary/aromatic N) is 1. The van der Waals surface area contributed by atoms with E-state index >= 15 is 0 Å². The Morgan fingerprint density at radius 1 is 0.511 bits per heavy atom. The van der Waals surface area contributed by atoms with Crippen molar-refractivity contribution in [2.45, 2.75) is 190 Å². The molecule has 1 fully saturated rings. The lowest BCUT2D eigenvalue weighted by Gasteiger charge is -2.30. The molecular formula is C55H93N15O23S. The summed E-state index contributed by atoms with van der Waals surface area (Å²) in [5.41, 5.74) is 16.4. The van der Waals surface area contributed by atoms with Crippen LogP contribution in [0.5, 0.6) is 0 Å². The first-order valence-electron chi connectivity index (χ1n) is 30.0. The van der Waals surface area contributed by atoms with Gasteiger partial charge in [0.05, 0.1) is 45.0 Å². The zero-order valence-electron chi connectivity index (χ0n) is 53.3. The Morgan fingerprint density at radius 2 is 0.904 bits per heavy atom. The molecule has 0 aromatic rings. The van der Waals surface area contributed by atoms with Gasteiger partial charge in [-0.05, 0) is 76.2 Å². The lowest BCUT2D eigenvalue weighted by molar-refractivity contribution is -0.143. The van der Waals surface area contributed by atoms with Crippen LogP contribution in [0, 0.1) is 11.8 Å². The largest absolute Gasteiger partial charge is 0.481 e. The average molecular weight is 1360 g/mol. The number of carboxylic acids is 2. The summed E-state index contributed by atoms with van der Waals surface area (Å²) >= 11 is 1.21. The zero-order chi connectivity index (χ0) is 71.9. The quantitative estimate of drug-likeness (QED) is 0.0269. The third-order valence-electron chi connectivity index (χ3n) is 14.6. The van der Waals surface area contributed by atoms with Crippen LogP contribution in [0.2, 0.25) is 0 Å². The summed E-state index contributed by atoms with van der Waals surface area (Å²) < 4.78 is 0. The van der Waals surface area contributed by atoms with Gasteiger partial charge in [-0.15, -0.1) is 0 Å². The van der Waals surface area contributed by atoms with Crippen molar-refractivity contribution in [3.63, 3.8) is 0 Å². The van der Waals surface area contributed by atoms with Gasteiger partial charge >= 0.3 is 11.9 Å². The number of nitrogens with two attached hydrogens (primary N) is 3. The number of aliphatic hydroxyl groups is 5. The Kier molecular flexibility index (Phi) is 37.4. The molecule has 94 heavy (non-hydrogen) atoms. The molecule has 1 rings (SSSR count). The number of hydrogen-bond donors (Lipinski definition) is 21. The van der Waals surface area contributed by atoms with Gasteiger partial charge < -0.3 is 116 Å². The fourth-order valence-electron chi connectivity index (χ4n) is 9.02. The normalized spacial score (nSPS) is 17.3. The number of amides is 14. The molecule has 15 atom stereocenters. The predicted octanol–water partition coefficient (Wildman–Crippen LogP) is -10.1. The van der Waals surface area contributed by atoms with Gasteiger partial charge in [0.2, 0.25) is 82.7 Å². The number of aliphatic hydroxyl groups excluding tert-OH is 5. The summed E-state index contributed by atoms with van der Waals surface area (Å²) in [4.78, 5) is 210. The molecular weight excluding hydrogens is 1270 g/mol. The van der Waals surface area contributed by atoms with E-state index in [1.807, 2.05) is 0 Å². The van der Waals surface area contributed by atoms with Crippen LogP contribution in [0.4, 0.5) is 0 Å². The van der Waals surface area contributed by atoms with Crippen molar-refractivity contribution in [1.82, 2.24) is 63.4 Å². The maximum absolute atomic E-state index is 14.1. The van der Waals surface area contributed by atoms with Gasteiger partial charge in [-0.3, -0.25) is 76.7 Å². The Morgan fingerprint density at radius 3 is 1.34 bits per heavy atom. The van der Waals surface area contributed by atoms with Crippen LogP contribution in [0.3, 0.4) is 0 Å². The fourth-order valence-corrected chi connectivity index (χ4v) is 9.49. The Balaban J connectivity index is 3.37. The van der Waals surface area contributed by atoms with Crippen LogP contribution in [0.1, 0.15) is 106 Å². The molecule has 1 aliphatic rings. The molecule has 38 nitrogen and oxygen atoms in total. The molecule has 0 aliphatic carbocycles. The second-order valence-electron chi connectivity index (χ2n) is 22.7. The average Bonchev–Trinajstić information content (AvgIpc) is 1.58. The van der Waals surface area contributed by atoms with Crippen LogP contribution in [-0.4, -0.2) is 265 Å². The molecule has 0 spiro atoms. The van der Waals surface area contributed by atoms with Crippen LogP contribution in [0.25, 0.3) is 0 Å². The molecule has 0 saturated carbocycles. The number of carboxylic acid groups (broad SMARTS) is 2. The second-order valence-corrected chi connectivity index (χ2v) is 23.7. The highest BCUT2D eigenvalue weighted by atomic mass is 32.2. The van der Waals surface area contributed by atoms with E-state index in [1.54, 1.807) is 34.0 Å². The summed E-state index contributed by atoms with van der Waals surface area (Å²) in [6, 6.07) is -21.5. The first-order valence-corrected chi connectivity index (χ1v) is 31.4. The number of nitrogens with one attached hydrogen (secondary N) is 11. The zero-order valence-corrected chi connectivity index (χ0v) is 54.1. The minimum absolute atomic E-state index is 0.0890. The smallest absolute Gasteiger partial charge is 0.325 e. The maximum Gasteiger partial charge on any atom is 0.325 e. The SMILES string of the molecule is CC[C@H](C)[C@H](NC(=O)[C@@H](N)CC(=O)O)C(=O)N[C@@H](CCC(N)=O)C(=O)N[C@@H](CCSC)C(=O)N[C@H](C(=O)N[C@@H](CCC(N)=O)C(=O)N[C@@H](CO)C(=O)N1CCC[C@H]1C(=O)N[C@@H](CO)C(=O)N[C@@H](CO)C(=O)N[C@@H](CC(C)C)C(=O)N[C@@H](CO)C(=O)N[C@@H](C)C(=O)O)[C@@H](C)O. The number of aliphatic carboxylic acids is 2. The summed E-state index contributed by atoms with van der Waals surface area (Å²) in [5, 5.41) is 94.6. The lowest BCUT2D eigenvalue weighted by Crippen LogP contribution is -2.62. The first kappa shape index (κ1) is 83.6. The summed E-state index contributed by atoms with van der Waals surface area (Å²) in [6.07, 6.45) is -2.96. The number of hydrogen-bond acceptors (Lipinski definition) is 23. The minimum atomic E-state index is -1.95. The van der Waals surface area contributed by atoms with E-state index < -0.39 is 244 Å². The molecule has 532 valence electrons. The third-order valence-corrected chi connectivity index (χ3v) is 15.3. The van der Waals surface area contributed by atoms with Gasteiger partial charge in [-0.25, -0.2) is 0 Å². The molecule has 1 saturated heterocycles. The van der Waals surface area contributed by atoms with Crippen LogP contribution in [-0.2, 0) is 76.7 Å². The molecule has 0 bridgehead atoms. The van der Waals surface area contributed by atoms with Gasteiger partial charge in [-0.1, -0.05) is 34.1 Å².